The van der Waals surface area contributed by atoms with Crippen molar-refractivity contribution in [1.82, 2.24) is 15.2 Å². The Hall–Kier alpha value is -1.72. The van der Waals surface area contributed by atoms with Gasteiger partial charge in [-0.25, -0.2) is 9.37 Å². The van der Waals surface area contributed by atoms with E-state index in [1.165, 1.54) is 29.2 Å². The van der Waals surface area contributed by atoms with Gasteiger partial charge in [0.15, 0.2) is 4.34 Å². The first-order chi connectivity index (χ1) is 14.4. The van der Waals surface area contributed by atoms with Crippen molar-refractivity contribution in [3.63, 3.8) is 0 Å². The third-order valence-electron chi connectivity index (χ3n) is 4.33. The van der Waals surface area contributed by atoms with Gasteiger partial charge >= 0.3 is 5.97 Å². The van der Waals surface area contributed by atoms with E-state index < -0.39 is 11.8 Å². The fourth-order valence-electron chi connectivity index (χ4n) is 2.94. The lowest BCUT2D eigenvalue weighted by Gasteiger charge is -2.33. The molecule has 1 unspecified atom stereocenters. The summed E-state index contributed by atoms with van der Waals surface area (Å²) in [5.74, 6) is -1.31. The molecule has 0 aliphatic carbocycles. The van der Waals surface area contributed by atoms with Gasteiger partial charge in [-0.2, -0.15) is 0 Å². The van der Waals surface area contributed by atoms with Crippen molar-refractivity contribution in [3.8, 4) is 0 Å². The van der Waals surface area contributed by atoms with Crippen LogP contribution in [0.15, 0.2) is 27.9 Å². The zero-order valence-corrected chi connectivity index (χ0v) is 18.4. The Morgan fingerprint density at radius 3 is 3.07 bits per heavy atom. The van der Waals surface area contributed by atoms with E-state index in [-0.39, 0.29) is 29.2 Å². The van der Waals surface area contributed by atoms with Crippen LogP contribution >= 0.6 is 34.7 Å². The monoisotopic (exact) mass is 473 g/mol. The number of thiazole rings is 1. The highest BCUT2D eigenvalue weighted by Gasteiger charge is 2.21. The van der Waals surface area contributed by atoms with Crippen LogP contribution in [0.2, 0.25) is 5.02 Å². The summed E-state index contributed by atoms with van der Waals surface area (Å²) in [4.78, 5) is 29.1. The maximum absolute atomic E-state index is 13.6. The lowest BCUT2D eigenvalue weighted by Crippen LogP contribution is -2.47. The number of ether oxygens (including phenoxy) is 1. The van der Waals surface area contributed by atoms with Crippen LogP contribution in [0.3, 0.4) is 0 Å². The molecule has 1 amide bonds. The highest BCUT2D eigenvalue weighted by molar-refractivity contribution is 8.01. The summed E-state index contributed by atoms with van der Waals surface area (Å²) in [7, 11) is 0. The number of nitrogens with one attached hydrogen (secondary N) is 1. The number of benzene rings is 1. The first-order valence-corrected chi connectivity index (χ1v) is 11.5. The van der Waals surface area contributed by atoms with Gasteiger partial charge in [0.2, 0.25) is 5.91 Å². The number of hydrogen-bond donors (Lipinski definition) is 2. The highest BCUT2D eigenvalue weighted by atomic mass is 35.5. The van der Waals surface area contributed by atoms with Crippen LogP contribution in [0, 0.1) is 5.82 Å². The molecule has 2 heterocycles. The Morgan fingerprint density at radius 2 is 2.30 bits per heavy atom. The molecule has 1 saturated heterocycles. The summed E-state index contributed by atoms with van der Waals surface area (Å²) < 4.78 is 20.0. The molecule has 0 radical (unpaired) electrons. The van der Waals surface area contributed by atoms with E-state index in [2.05, 4.69) is 15.2 Å². The van der Waals surface area contributed by atoms with Crippen molar-refractivity contribution in [1.29, 1.82) is 0 Å². The Morgan fingerprint density at radius 1 is 1.47 bits per heavy atom. The number of carboxylic acid groups (broad SMARTS) is 1. The number of aliphatic carboxylic acids is 1. The Kier molecular flexibility index (Phi) is 8.46. The molecule has 11 heteroatoms. The third-order valence-corrected chi connectivity index (χ3v) is 6.71. The molecule has 30 heavy (non-hydrogen) atoms. The molecule has 0 bridgehead atoms. The summed E-state index contributed by atoms with van der Waals surface area (Å²) in [5.41, 5.74) is 1.33. The number of halogens is 2. The predicted octanol–water partition coefficient (Wildman–Crippen LogP) is 2.67. The van der Waals surface area contributed by atoms with Gasteiger partial charge in [0.05, 0.1) is 35.6 Å². The molecule has 0 spiro atoms. The van der Waals surface area contributed by atoms with Crippen LogP contribution in [0.25, 0.3) is 0 Å². The number of carboxylic acids is 1. The van der Waals surface area contributed by atoms with E-state index in [0.29, 0.717) is 36.3 Å². The van der Waals surface area contributed by atoms with Gasteiger partial charge in [-0.05, 0) is 17.7 Å². The SMILES string of the molecule is O=C(O)Cc1csc(SCC(=O)NCC2CN(Cc3ccc(Cl)c(F)c3)CCO2)n1. The van der Waals surface area contributed by atoms with Crippen molar-refractivity contribution in [3.05, 3.63) is 45.7 Å². The average molecular weight is 474 g/mol. The van der Waals surface area contributed by atoms with Crippen LogP contribution in [0.1, 0.15) is 11.3 Å². The molecule has 1 aliphatic rings. The molecule has 1 fully saturated rings. The first-order valence-electron chi connectivity index (χ1n) is 9.22. The van der Waals surface area contributed by atoms with Gasteiger partial charge in [-0.1, -0.05) is 29.4 Å². The molecule has 2 N–H and O–H groups in total. The molecular weight excluding hydrogens is 453 g/mol. The molecule has 162 valence electrons. The van der Waals surface area contributed by atoms with Crippen LogP contribution in [-0.2, 0) is 27.3 Å². The summed E-state index contributed by atoms with van der Waals surface area (Å²) in [6.45, 7) is 2.86. The zero-order valence-electron chi connectivity index (χ0n) is 16.0. The zero-order chi connectivity index (χ0) is 21.5. The van der Waals surface area contributed by atoms with Gasteiger partial charge in [0.1, 0.15) is 5.82 Å². The number of hydrogen-bond acceptors (Lipinski definition) is 7. The van der Waals surface area contributed by atoms with E-state index in [1.807, 2.05) is 0 Å². The smallest absolute Gasteiger partial charge is 0.309 e. The number of carbonyl (C=O) groups is 2. The summed E-state index contributed by atoms with van der Waals surface area (Å²) in [5, 5.41) is 13.4. The molecule has 1 aliphatic heterocycles. The summed E-state index contributed by atoms with van der Waals surface area (Å²) in [6.07, 6.45) is -0.270. The molecule has 1 aromatic carbocycles. The van der Waals surface area contributed by atoms with Crippen LogP contribution < -0.4 is 5.32 Å². The number of amides is 1. The Bertz CT molecular complexity index is 898. The maximum Gasteiger partial charge on any atom is 0.309 e. The molecule has 2 aromatic rings. The van der Waals surface area contributed by atoms with Gasteiger partial charge in [-0.15, -0.1) is 11.3 Å². The van der Waals surface area contributed by atoms with Crippen molar-refractivity contribution in [2.24, 2.45) is 0 Å². The largest absolute Gasteiger partial charge is 0.481 e. The number of carbonyl (C=O) groups excluding carboxylic acids is 1. The van der Waals surface area contributed by atoms with Gasteiger partial charge in [0.25, 0.3) is 0 Å². The summed E-state index contributed by atoms with van der Waals surface area (Å²) in [6, 6.07) is 4.79. The highest BCUT2D eigenvalue weighted by Crippen LogP contribution is 2.22. The fraction of sp³-hybridized carbons (Fsp3) is 0.421. The Labute approximate surface area is 186 Å². The predicted molar refractivity (Wildman–Crippen MR) is 114 cm³/mol. The average Bonchev–Trinajstić information content (AvgIpc) is 3.14. The second-order valence-electron chi connectivity index (χ2n) is 6.74. The number of aromatic nitrogens is 1. The molecule has 7 nitrogen and oxygen atoms in total. The van der Waals surface area contributed by atoms with Crippen LogP contribution in [-0.4, -0.2) is 65.0 Å². The lowest BCUT2D eigenvalue weighted by molar-refractivity contribution is -0.136. The standard InChI is InChI=1S/C19H21ClFN3O4S2/c20-15-2-1-12(5-16(15)21)8-24-3-4-28-14(9-24)7-22-17(25)11-30-19-23-13(10-29-19)6-18(26)27/h1-2,5,10,14H,3-4,6-9,11H2,(H,22,25)(H,26,27). The summed E-state index contributed by atoms with van der Waals surface area (Å²) >= 11 is 8.32. The topological polar surface area (TPSA) is 91.8 Å². The van der Waals surface area contributed by atoms with E-state index in [9.17, 15) is 14.0 Å². The van der Waals surface area contributed by atoms with Gasteiger partial charge < -0.3 is 15.2 Å². The minimum absolute atomic E-state index is 0.107. The molecular formula is C19H21ClFN3O4S2. The number of morpholine rings is 1. The van der Waals surface area contributed by atoms with E-state index in [0.717, 1.165) is 12.1 Å². The van der Waals surface area contributed by atoms with E-state index in [4.69, 9.17) is 21.4 Å². The second-order valence-corrected chi connectivity index (χ2v) is 9.23. The number of nitrogens with zero attached hydrogens (tertiary/aromatic N) is 2. The lowest BCUT2D eigenvalue weighted by atomic mass is 10.2. The minimum atomic E-state index is -0.933. The molecule has 0 saturated carbocycles. The van der Waals surface area contributed by atoms with Gasteiger partial charge in [-0.3, -0.25) is 14.5 Å². The van der Waals surface area contributed by atoms with Gasteiger partial charge in [0, 0.05) is 31.6 Å². The van der Waals surface area contributed by atoms with Crippen molar-refractivity contribution in [2.75, 3.05) is 32.0 Å². The third kappa shape index (κ3) is 7.21. The molecule has 1 aromatic heterocycles. The fourth-order valence-corrected chi connectivity index (χ4v) is 4.73. The van der Waals surface area contributed by atoms with Crippen LogP contribution in [0.4, 0.5) is 4.39 Å². The number of thioether (sulfide) groups is 1. The molecule has 3 rings (SSSR count). The van der Waals surface area contributed by atoms with Crippen molar-refractivity contribution < 1.29 is 23.8 Å². The van der Waals surface area contributed by atoms with E-state index >= 15 is 0 Å². The Balaban J connectivity index is 1.39. The van der Waals surface area contributed by atoms with Crippen molar-refractivity contribution >= 4 is 46.6 Å². The van der Waals surface area contributed by atoms with E-state index in [1.54, 1.807) is 17.5 Å². The van der Waals surface area contributed by atoms with Crippen molar-refractivity contribution in [2.45, 2.75) is 23.4 Å². The second kappa shape index (κ2) is 11.1. The quantitative estimate of drug-likeness (QED) is 0.541. The minimum Gasteiger partial charge on any atom is -0.481 e. The number of rotatable bonds is 9. The first kappa shape index (κ1) is 23.0. The van der Waals surface area contributed by atoms with Crippen LogP contribution in [0.5, 0.6) is 0 Å². The normalized spacial score (nSPS) is 17.1. The molecule has 1 atom stereocenters. The maximum atomic E-state index is 13.6.